The van der Waals surface area contributed by atoms with Crippen molar-refractivity contribution in [3.05, 3.63) is 28.8 Å². The summed E-state index contributed by atoms with van der Waals surface area (Å²) in [6.07, 6.45) is 3.12. The van der Waals surface area contributed by atoms with E-state index in [4.69, 9.17) is 0 Å². The van der Waals surface area contributed by atoms with Crippen molar-refractivity contribution in [3.63, 3.8) is 0 Å². The maximum Gasteiger partial charge on any atom is 0.190 e. The first-order chi connectivity index (χ1) is 19.3. The van der Waals surface area contributed by atoms with Crippen molar-refractivity contribution in [1.82, 2.24) is 0 Å². The molecule has 1 aromatic rings. The molecule has 0 heterocycles. The highest BCUT2D eigenvalue weighted by Gasteiger charge is 2.76. The van der Waals surface area contributed by atoms with Crippen LogP contribution in [0.4, 0.5) is 0 Å². The van der Waals surface area contributed by atoms with Crippen LogP contribution in [0, 0.1) is 52.3 Å². The van der Waals surface area contributed by atoms with Crippen molar-refractivity contribution >= 4 is 28.9 Å². The summed E-state index contributed by atoms with van der Waals surface area (Å²) >= 11 is 0. The zero-order valence-electron chi connectivity index (χ0n) is 26.7. The Labute approximate surface area is 249 Å². The van der Waals surface area contributed by atoms with Crippen LogP contribution in [0.25, 0.3) is 0 Å². The molecule has 0 aromatic heterocycles. The third-order valence-corrected chi connectivity index (χ3v) is 10.5. The van der Waals surface area contributed by atoms with Gasteiger partial charge in [0.2, 0.25) is 0 Å². The van der Waals surface area contributed by atoms with Crippen LogP contribution < -0.4 is 0 Å². The summed E-state index contributed by atoms with van der Waals surface area (Å²) in [6.45, 7) is 16.9. The van der Waals surface area contributed by atoms with Crippen LogP contribution in [-0.4, -0.2) is 44.7 Å². The molecule has 3 aliphatic rings. The van der Waals surface area contributed by atoms with Crippen LogP contribution in [0.15, 0.2) is 12.1 Å². The number of aliphatic hydroxyl groups is 1. The fraction of sp³-hybridized carbons (Fsp3) is 0.686. The summed E-state index contributed by atoms with van der Waals surface area (Å²) in [5.41, 5.74) is -3.41. The Hall–Kier alpha value is -2.67. The SMILES string of the molecule is CC(=O)C1C(=O)C(C(C)C)[C@@]2(C)C[C@@]3(C)Cc4c(CC(CC(C)C)CC(C)C)ccc(O)c4C(=O)C3C(=O)[C@@]2(O)C1=O. The predicted molar refractivity (Wildman–Crippen MR) is 159 cm³/mol. The molecule has 1 aromatic carbocycles. The number of rotatable bonds is 8. The van der Waals surface area contributed by atoms with E-state index < -0.39 is 63.1 Å². The smallest absolute Gasteiger partial charge is 0.190 e. The van der Waals surface area contributed by atoms with Crippen molar-refractivity contribution in [2.24, 2.45) is 52.3 Å². The van der Waals surface area contributed by atoms with E-state index in [2.05, 4.69) is 27.7 Å². The van der Waals surface area contributed by atoms with Gasteiger partial charge < -0.3 is 10.2 Å². The first kappa shape index (κ1) is 32.2. The second kappa shape index (κ2) is 10.8. The minimum absolute atomic E-state index is 0.0690. The number of hydrogen-bond donors (Lipinski definition) is 2. The van der Waals surface area contributed by atoms with E-state index in [9.17, 15) is 34.2 Å². The van der Waals surface area contributed by atoms with Gasteiger partial charge in [-0.25, -0.2) is 0 Å². The van der Waals surface area contributed by atoms with Gasteiger partial charge in [-0.15, -0.1) is 0 Å². The number of benzene rings is 1. The van der Waals surface area contributed by atoms with Crippen LogP contribution in [-0.2, 0) is 32.0 Å². The Morgan fingerprint density at radius 3 is 2.02 bits per heavy atom. The van der Waals surface area contributed by atoms with Crippen molar-refractivity contribution in [3.8, 4) is 5.75 Å². The van der Waals surface area contributed by atoms with Gasteiger partial charge in [0, 0.05) is 11.3 Å². The molecule has 2 fully saturated rings. The maximum atomic E-state index is 14.4. The summed E-state index contributed by atoms with van der Waals surface area (Å²) in [7, 11) is 0. The largest absolute Gasteiger partial charge is 0.507 e. The topological polar surface area (TPSA) is 126 Å². The van der Waals surface area contributed by atoms with Crippen molar-refractivity contribution in [2.75, 3.05) is 0 Å². The molecule has 2 saturated carbocycles. The number of carbonyl (C=O) groups is 5. The molecule has 7 nitrogen and oxygen atoms in total. The molecule has 7 heteroatoms. The molecule has 6 atom stereocenters. The maximum absolute atomic E-state index is 14.4. The Bertz CT molecular complexity index is 1330. The standard InChI is InChI=1S/C35H48O7/c1-17(2)12-21(13-18(3)4)14-22-10-11-24(37)26-23(22)15-33(8)16-34(9)27(19(5)6)29(38)25(20(7)36)31(40)35(34,42)32(41)28(33)30(26)39/h10-11,17-19,21,25,27-28,37,42H,12-16H2,1-9H3/t25?,27?,28?,33-,34-,35+/m1/s1. The van der Waals surface area contributed by atoms with E-state index in [0.717, 1.165) is 31.7 Å². The van der Waals surface area contributed by atoms with Crippen molar-refractivity contribution in [1.29, 1.82) is 0 Å². The van der Waals surface area contributed by atoms with Crippen molar-refractivity contribution < 1.29 is 34.2 Å². The number of aromatic hydroxyl groups is 1. The molecule has 3 aliphatic carbocycles. The highest BCUT2D eigenvalue weighted by Crippen LogP contribution is 2.63. The highest BCUT2D eigenvalue weighted by molar-refractivity contribution is 6.32. The van der Waals surface area contributed by atoms with Gasteiger partial charge >= 0.3 is 0 Å². The number of Topliss-reactive ketones (excluding diaryl/α,β-unsaturated/α-hetero) is 5. The molecule has 0 saturated heterocycles. The van der Waals surface area contributed by atoms with Gasteiger partial charge in [-0.1, -0.05) is 61.5 Å². The minimum Gasteiger partial charge on any atom is -0.507 e. The first-order valence-corrected chi connectivity index (χ1v) is 15.5. The average Bonchev–Trinajstić information content (AvgIpc) is 2.81. The Balaban J connectivity index is 1.89. The van der Waals surface area contributed by atoms with Gasteiger partial charge in [0.25, 0.3) is 0 Å². The van der Waals surface area contributed by atoms with Gasteiger partial charge in [0.15, 0.2) is 28.7 Å². The zero-order chi connectivity index (χ0) is 31.7. The molecule has 4 rings (SSSR count). The molecule has 0 aliphatic heterocycles. The Morgan fingerprint density at radius 2 is 1.52 bits per heavy atom. The molecular formula is C35H48O7. The van der Waals surface area contributed by atoms with E-state index in [-0.39, 0.29) is 23.7 Å². The second-order valence-electron chi connectivity index (χ2n) is 15.3. The molecule has 42 heavy (non-hydrogen) atoms. The second-order valence-corrected chi connectivity index (χ2v) is 15.3. The van der Waals surface area contributed by atoms with E-state index in [1.165, 1.54) is 6.07 Å². The number of carbonyl (C=O) groups excluding carboxylic acids is 5. The summed E-state index contributed by atoms with van der Waals surface area (Å²) in [5.74, 6) is -7.23. The molecule has 0 radical (unpaired) electrons. The number of phenolic OH excluding ortho intramolecular Hbond substituents is 1. The summed E-state index contributed by atoms with van der Waals surface area (Å²) in [6, 6.07) is 3.39. The quantitative estimate of drug-likeness (QED) is 0.397. The summed E-state index contributed by atoms with van der Waals surface area (Å²) in [4.78, 5) is 68.7. The molecule has 0 bridgehead atoms. The zero-order valence-corrected chi connectivity index (χ0v) is 26.7. The van der Waals surface area contributed by atoms with E-state index in [1.807, 2.05) is 13.0 Å². The molecule has 3 unspecified atom stereocenters. The van der Waals surface area contributed by atoms with Gasteiger partial charge in [-0.05, 0) is 85.3 Å². The van der Waals surface area contributed by atoms with Crippen LogP contribution in [0.3, 0.4) is 0 Å². The number of ketones is 5. The molecule has 2 N–H and O–H groups in total. The lowest BCUT2D eigenvalue weighted by molar-refractivity contribution is -0.205. The van der Waals surface area contributed by atoms with Crippen LogP contribution in [0.5, 0.6) is 5.75 Å². The molecule has 230 valence electrons. The number of fused-ring (bicyclic) bond motifs is 3. The highest BCUT2D eigenvalue weighted by atomic mass is 16.3. The van der Waals surface area contributed by atoms with Gasteiger partial charge in [0.1, 0.15) is 17.5 Å². The van der Waals surface area contributed by atoms with Crippen LogP contribution in [0.1, 0.15) is 103 Å². The lowest BCUT2D eigenvalue weighted by Gasteiger charge is -2.62. The Morgan fingerprint density at radius 1 is 0.952 bits per heavy atom. The van der Waals surface area contributed by atoms with E-state index >= 15 is 0 Å². The first-order valence-electron chi connectivity index (χ1n) is 15.5. The third-order valence-electron chi connectivity index (χ3n) is 10.5. The normalized spacial score (nSPS) is 33.0. The van der Waals surface area contributed by atoms with Gasteiger partial charge in [0.05, 0.1) is 11.5 Å². The average molecular weight is 581 g/mol. The van der Waals surface area contributed by atoms with Gasteiger partial charge in [-0.2, -0.15) is 0 Å². The van der Waals surface area contributed by atoms with E-state index in [0.29, 0.717) is 29.7 Å². The summed E-state index contributed by atoms with van der Waals surface area (Å²) in [5, 5.41) is 23.1. The van der Waals surface area contributed by atoms with E-state index in [1.54, 1.807) is 20.8 Å². The fourth-order valence-electron chi connectivity index (χ4n) is 9.30. The Kier molecular flexibility index (Phi) is 8.29. The number of hydrogen-bond acceptors (Lipinski definition) is 7. The van der Waals surface area contributed by atoms with Crippen LogP contribution >= 0.6 is 0 Å². The molecule has 0 amide bonds. The summed E-state index contributed by atoms with van der Waals surface area (Å²) < 4.78 is 0. The minimum atomic E-state index is -2.67. The van der Waals surface area contributed by atoms with Gasteiger partial charge in [-0.3, -0.25) is 24.0 Å². The number of phenols is 1. The molecule has 0 spiro atoms. The third kappa shape index (κ3) is 4.71. The lowest BCUT2D eigenvalue weighted by atomic mass is 9.40. The lowest BCUT2D eigenvalue weighted by Crippen LogP contribution is -2.76. The monoisotopic (exact) mass is 580 g/mol. The van der Waals surface area contributed by atoms with Crippen LogP contribution in [0.2, 0.25) is 0 Å². The van der Waals surface area contributed by atoms with Crippen molar-refractivity contribution in [2.45, 2.75) is 100 Å². The molecular weight excluding hydrogens is 532 g/mol. The predicted octanol–water partition coefficient (Wildman–Crippen LogP) is 5.34. The fourth-order valence-corrected chi connectivity index (χ4v) is 9.30.